The molecule has 20 heteroatoms. The van der Waals surface area contributed by atoms with Crippen LogP contribution in [-0.2, 0) is 55.3 Å². The molecule has 6 aromatic rings. The summed E-state index contributed by atoms with van der Waals surface area (Å²) < 4.78 is 53.3. The first-order valence-corrected chi connectivity index (χ1v) is 28.7. The molecular formula is C57H63N9O9S2. The Morgan fingerprint density at radius 3 is 1.87 bits per heavy atom. The molecule has 1 saturated carbocycles. The number of anilines is 2. The summed E-state index contributed by atoms with van der Waals surface area (Å²) in [6.45, 7) is 4.94. The molecule has 4 atom stereocenters. The number of benzene rings is 4. The third-order valence-electron chi connectivity index (χ3n) is 14.7. The van der Waals surface area contributed by atoms with E-state index in [4.69, 9.17) is 18.9 Å². The van der Waals surface area contributed by atoms with Gasteiger partial charge in [0.05, 0.1) is 60.2 Å². The van der Waals surface area contributed by atoms with Gasteiger partial charge < -0.3 is 44.7 Å². The number of ether oxygens (including phenoxy) is 4. The molecule has 0 radical (unpaired) electrons. The monoisotopic (exact) mass is 1080 g/mol. The molecule has 3 saturated heterocycles. The second-order valence-corrected chi connectivity index (χ2v) is 23.2. The van der Waals surface area contributed by atoms with E-state index in [1.54, 1.807) is 6.33 Å². The SMILES string of the molecule is CNC(=O)c1cc(S(=O)(=O)N2C[C@@H]3NC(=O)CN(C4CC4)Cc4cccc(c4)Oc4cccc(c4)CO[C@H]3C2)cs1.O=C1Cc2cccc(c2)Oc2cccc(c2)CO[C@H]2CN(c3cc(N4CCCCC4)ncn3)C[C@@H]2N1. The number of carbonyl (C=O) groups excluding carboxylic acids is 3. The Kier molecular flexibility index (Phi) is 15.8. The number of hydrogen-bond acceptors (Lipinski definition) is 15. The lowest BCUT2D eigenvalue weighted by atomic mass is 10.1. The average Bonchev–Trinajstić information content (AvgIpc) is 3.81. The number of rotatable bonds is 6. The zero-order valence-electron chi connectivity index (χ0n) is 42.9. The van der Waals surface area contributed by atoms with E-state index < -0.39 is 22.2 Å². The maximum atomic E-state index is 13.6. The highest BCUT2D eigenvalue weighted by Crippen LogP contribution is 2.33. The van der Waals surface area contributed by atoms with E-state index in [1.807, 2.05) is 97.1 Å². The standard InChI is InChI=1S/C29H32N4O6S2.C28H31N5O3/c1-30-29(35)27-12-24(18-40-27)41(36,37)33-14-25-26(15-33)38-17-20-5-3-7-23(11-20)39-22-6-2-4-19(10-22)13-32(21-8-9-21)16-28(34)31-25;34-28-14-20-6-4-8-22(12-20)36-23-9-5-7-21(13-23)18-35-25-17-33(16-24(25)31-28)27-15-26(29-19-30-27)32-10-2-1-3-11-32/h2-7,10-12,18,21,25-26H,8-9,13-17H2,1H3,(H,30,35)(H,31,34);4-9,12-13,15,19,24-25H,1-3,10-11,14,16-18H2,(H,31,34)/t25-,26-;24-,25-/m00/s1. The number of hydrogen-bond donors (Lipinski definition) is 3. The number of piperidine rings is 1. The number of nitrogens with zero attached hydrogens (tertiary/aromatic N) is 6. The zero-order chi connectivity index (χ0) is 52.9. The van der Waals surface area contributed by atoms with Gasteiger partial charge in [0, 0.05) is 70.3 Å². The topological polar surface area (TPSA) is 197 Å². The van der Waals surface area contributed by atoms with Gasteiger partial charge in [0.1, 0.15) is 41.0 Å². The highest BCUT2D eigenvalue weighted by Gasteiger charge is 2.42. The van der Waals surface area contributed by atoms with Crippen molar-refractivity contribution in [2.24, 2.45) is 0 Å². The summed E-state index contributed by atoms with van der Waals surface area (Å²) in [6, 6.07) is 34.3. The number of carbonyl (C=O) groups is 3. The first-order valence-electron chi connectivity index (χ1n) is 26.4. The van der Waals surface area contributed by atoms with Crippen molar-refractivity contribution >= 4 is 50.7 Å². The Hall–Kier alpha value is -6.94. The first kappa shape index (κ1) is 52.1. The van der Waals surface area contributed by atoms with E-state index in [0.29, 0.717) is 48.7 Å². The quantitative estimate of drug-likeness (QED) is 0.160. The highest BCUT2D eigenvalue weighted by atomic mass is 32.2. The molecule has 3 amide bonds. The molecule has 77 heavy (non-hydrogen) atoms. The van der Waals surface area contributed by atoms with Crippen molar-refractivity contribution in [3.8, 4) is 23.0 Å². The lowest BCUT2D eigenvalue weighted by Gasteiger charge is -2.28. The third kappa shape index (κ3) is 12.9. The van der Waals surface area contributed by atoms with Gasteiger partial charge in [0.2, 0.25) is 21.8 Å². The summed E-state index contributed by atoms with van der Waals surface area (Å²) in [4.78, 5) is 54.5. The van der Waals surface area contributed by atoms with E-state index in [0.717, 1.165) is 82.7 Å². The van der Waals surface area contributed by atoms with E-state index in [-0.39, 0.29) is 67.4 Å². The Bertz CT molecular complexity index is 3200. The first-order chi connectivity index (χ1) is 37.5. The van der Waals surface area contributed by atoms with Crippen LogP contribution in [-0.4, -0.2) is 129 Å². The Balaban J connectivity index is 0.000000165. The average molecular weight is 1080 g/mol. The van der Waals surface area contributed by atoms with Crippen LogP contribution in [0.5, 0.6) is 23.0 Å². The minimum absolute atomic E-state index is 0.0279. The number of thiophene rings is 1. The van der Waals surface area contributed by atoms with Gasteiger partial charge in [-0.05, 0) is 109 Å². The summed E-state index contributed by atoms with van der Waals surface area (Å²) in [7, 11) is -2.41. The number of sulfonamides is 1. The highest BCUT2D eigenvalue weighted by molar-refractivity contribution is 7.89. The Morgan fingerprint density at radius 1 is 0.649 bits per heavy atom. The molecule has 1 aliphatic carbocycles. The zero-order valence-corrected chi connectivity index (χ0v) is 44.6. The summed E-state index contributed by atoms with van der Waals surface area (Å²) in [5.74, 6) is 4.17. The van der Waals surface area contributed by atoms with Gasteiger partial charge in [-0.2, -0.15) is 4.31 Å². The van der Waals surface area contributed by atoms with Gasteiger partial charge in [-0.15, -0.1) is 11.3 Å². The van der Waals surface area contributed by atoms with E-state index in [9.17, 15) is 22.8 Å². The predicted molar refractivity (Wildman–Crippen MR) is 291 cm³/mol. The second kappa shape index (κ2) is 23.3. The van der Waals surface area contributed by atoms with Crippen LogP contribution in [0.4, 0.5) is 11.6 Å². The summed E-state index contributed by atoms with van der Waals surface area (Å²) in [6.07, 6.45) is 6.95. The van der Waals surface area contributed by atoms with Crippen LogP contribution in [0, 0.1) is 0 Å². The molecule has 8 bridgehead atoms. The lowest BCUT2D eigenvalue weighted by Crippen LogP contribution is -2.48. The summed E-state index contributed by atoms with van der Waals surface area (Å²) in [5.41, 5.74) is 3.85. The van der Waals surface area contributed by atoms with Gasteiger partial charge in [-0.25, -0.2) is 18.4 Å². The molecular weight excluding hydrogens is 1020 g/mol. The van der Waals surface area contributed by atoms with Crippen molar-refractivity contribution in [1.82, 2.24) is 35.1 Å². The summed E-state index contributed by atoms with van der Waals surface area (Å²) >= 11 is 1.07. The molecule has 6 aliphatic rings. The number of nitrogens with one attached hydrogen (secondary N) is 3. The molecule has 0 spiro atoms. The lowest BCUT2D eigenvalue weighted by molar-refractivity contribution is -0.124. The maximum absolute atomic E-state index is 13.6. The van der Waals surface area contributed by atoms with Gasteiger partial charge in [0.25, 0.3) is 5.91 Å². The van der Waals surface area contributed by atoms with Crippen molar-refractivity contribution < 1.29 is 41.7 Å². The van der Waals surface area contributed by atoms with Crippen LogP contribution >= 0.6 is 11.3 Å². The van der Waals surface area contributed by atoms with E-state index >= 15 is 0 Å². The largest absolute Gasteiger partial charge is 0.457 e. The van der Waals surface area contributed by atoms with Crippen molar-refractivity contribution in [3.63, 3.8) is 0 Å². The van der Waals surface area contributed by atoms with E-state index in [2.05, 4.69) is 46.7 Å². The molecule has 4 aromatic carbocycles. The minimum Gasteiger partial charge on any atom is -0.457 e. The van der Waals surface area contributed by atoms with Crippen LogP contribution in [0.2, 0.25) is 0 Å². The van der Waals surface area contributed by atoms with Gasteiger partial charge >= 0.3 is 0 Å². The van der Waals surface area contributed by atoms with Crippen molar-refractivity contribution in [2.75, 3.05) is 62.7 Å². The van der Waals surface area contributed by atoms with Crippen molar-refractivity contribution in [1.29, 1.82) is 0 Å². The third-order valence-corrected chi connectivity index (χ3v) is 17.5. The fourth-order valence-corrected chi connectivity index (χ4v) is 13.2. The number of aromatic nitrogens is 2. The normalized spacial score (nSPS) is 22.4. The van der Waals surface area contributed by atoms with Crippen LogP contribution in [0.15, 0.2) is 126 Å². The molecule has 3 N–H and O–H groups in total. The molecule has 12 rings (SSSR count). The van der Waals surface area contributed by atoms with Crippen LogP contribution in [0.1, 0.15) is 64.0 Å². The minimum atomic E-state index is -3.91. The maximum Gasteiger partial charge on any atom is 0.261 e. The molecule has 7 heterocycles. The van der Waals surface area contributed by atoms with Gasteiger partial charge in [0.15, 0.2) is 0 Å². The van der Waals surface area contributed by atoms with Crippen molar-refractivity contribution in [2.45, 2.75) is 93.5 Å². The Labute approximate surface area is 452 Å². The van der Waals surface area contributed by atoms with Gasteiger partial charge in [-0.3, -0.25) is 19.3 Å². The van der Waals surface area contributed by atoms with Crippen LogP contribution in [0.3, 0.4) is 0 Å². The van der Waals surface area contributed by atoms with Crippen molar-refractivity contribution in [3.05, 3.63) is 148 Å². The fourth-order valence-electron chi connectivity index (χ4n) is 10.5. The molecule has 0 unspecified atom stereocenters. The molecule has 18 nitrogen and oxygen atoms in total. The predicted octanol–water partition coefficient (Wildman–Crippen LogP) is 6.66. The molecule has 5 aliphatic heterocycles. The smallest absolute Gasteiger partial charge is 0.261 e. The second-order valence-electron chi connectivity index (χ2n) is 20.4. The molecule has 402 valence electrons. The summed E-state index contributed by atoms with van der Waals surface area (Å²) in [5, 5.41) is 10.3. The molecule has 4 fully saturated rings. The van der Waals surface area contributed by atoms with Crippen LogP contribution < -0.4 is 35.2 Å². The fraction of sp³-hybridized carbons (Fsp3) is 0.386. The van der Waals surface area contributed by atoms with E-state index in [1.165, 1.54) is 42.1 Å². The van der Waals surface area contributed by atoms with Gasteiger partial charge in [-0.1, -0.05) is 48.5 Å². The van der Waals surface area contributed by atoms with Crippen LogP contribution in [0.25, 0.3) is 0 Å². The Morgan fingerprint density at radius 2 is 1.22 bits per heavy atom. The number of amides is 3. The molecule has 2 aromatic heterocycles. The number of fused-ring (bicyclic) bond motifs is 10.